The van der Waals surface area contributed by atoms with Gasteiger partial charge in [0.1, 0.15) is 5.82 Å². The molecule has 164 valence electrons. The van der Waals surface area contributed by atoms with Gasteiger partial charge in [0.15, 0.2) is 0 Å². The van der Waals surface area contributed by atoms with Crippen LogP contribution in [0.2, 0.25) is 0 Å². The number of non-ortho nitro benzene ring substituents is 1. The molecule has 2 aromatic carbocycles. The monoisotopic (exact) mass is 426 g/mol. The first-order valence-corrected chi connectivity index (χ1v) is 10.7. The molecule has 0 aromatic heterocycles. The van der Waals surface area contributed by atoms with E-state index in [-0.39, 0.29) is 35.4 Å². The average Bonchev–Trinajstić information content (AvgIpc) is 2.77. The molecule has 3 atom stereocenters. The van der Waals surface area contributed by atoms with Gasteiger partial charge in [0, 0.05) is 43.5 Å². The van der Waals surface area contributed by atoms with Crippen LogP contribution in [0.3, 0.4) is 0 Å². The first-order chi connectivity index (χ1) is 14.9. The van der Waals surface area contributed by atoms with Gasteiger partial charge in [-0.2, -0.15) is 0 Å². The molecular formula is C23H27FN4O3. The topological polar surface area (TPSA) is 78.7 Å². The summed E-state index contributed by atoms with van der Waals surface area (Å²) in [6.45, 7) is 5.70. The van der Waals surface area contributed by atoms with Gasteiger partial charge in [0.25, 0.3) is 5.69 Å². The zero-order chi connectivity index (χ0) is 22.1. The summed E-state index contributed by atoms with van der Waals surface area (Å²) < 4.78 is 14.4. The molecule has 1 fully saturated rings. The standard InChI is InChI=1S/C23H27FN4O3/c1-3-15(2)25-23(29)18-13-16-12-17(28(30)31)8-9-20(16)27-11-10-26(14-22(18)27)21-7-5-4-6-19(21)24/h4-9,12,15,18,22H,3,10-11,13-14H2,1-2H3,(H,25,29)/t15-,18+,22-/m0/s1. The predicted octanol–water partition coefficient (Wildman–Crippen LogP) is 3.52. The lowest BCUT2D eigenvalue weighted by molar-refractivity contribution is -0.384. The summed E-state index contributed by atoms with van der Waals surface area (Å²) in [7, 11) is 0. The van der Waals surface area contributed by atoms with Crippen molar-refractivity contribution in [3.05, 3.63) is 64.0 Å². The van der Waals surface area contributed by atoms with Gasteiger partial charge in [-0.3, -0.25) is 14.9 Å². The first-order valence-electron chi connectivity index (χ1n) is 10.7. The van der Waals surface area contributed by atoms with E-state index in [1.807, 2.05) is 24.8 Å². The minimum absolute atomic E-state index is 0.0308. The fourth-order valence-corrected chi connectivity index (χ4v) is 4.60. The Kier molecular flexibility index (Phi) is 5.80. The molecule has 2 aromatic rings. The number of nitro benzene ring substituents is 1. The highest BCUT2D eigenvalue weighted by Gasteiger charge is 2.42. The molecule has 2 aliphatic heterocycles. The number of nitro groups is 1. The number of nitrogens with one attached hydrogen (secondary N) is 1. The van der Waals surface area contributed by atoms with Crippen molar-refractivity contribution >= 4 is 23.0 Å². The minimum Gasteiger partial charge on any atom is -0.365 e. The van der Waals surface area contributed by atoms with E-state index in [0.717, 1.165) is 17.7 Å². The van der Waals surface area contributed by atoms with Crippen LogP contribution in [0.25, 0.3) is 0 Å². The first kappa shape index (κ1) is 21.1. The van der Waals surface area contributed by atoms with Gasteiger partial charge >= 0.3 is 0 Å². The molecule has 0 unspecified atom stereocenters. The van der Waals surface area contributed by atoms with E-state index in [4.69, 9.17) is 0 Å². The van der Waals surface area contributed by atoms with Crippen molar-refractivity contribution in [3.8, 4) is 0 Å². The maximum atomic E-state index is 14.4. The molecule has 0 saturated carbocycles. The zero-order valence-electron chi connectivity index (χ0n) is 17.8. The summed E-state index contributed by atoms with van der Waals surface area (Å²) >= 11 is 0. The van der Waals surface area contributed by atoms with Gasteiger partial charge in [-0.25, -0.2) is 4.39 Å². The van der Waals surface area contributed by atoms with E-state index in [9.17, 15) is 19.3 Å². The zero-order valence-corrected chi connectivity index (χ0v) is 17.8. The van der Waals surface area contributed by atoms with Gasteiger partial charge in [0.2, 0.25) is 5.91 Å². The van der Waals surface area contributed by atoms with Crippen molar-refractivity contribution in [1.82, 2.24) is 5.32 Å². The summed E-state index contributed by atoms with van der Waals surface area (Å²) in [5.41, 5.74) is 2.31. The molecule has 0 bridgehead atoms. The number of nitrogens with zero attached hydrogens (tertiary/aromatic N) is 3. The van der Waals surface area contributed by atoms with Crippen LogP contribution < -0.4 is 15.1 Å². The Bertz CT molecular complexity index is 999. The lowest BCUT2D eigenvalue weighted by atomic mass is 9.83. The highest BCUT2D eigenvalue weighted by atomic mass is 19.1. The maximum absolute atomic E-state index is 14.4. The van der Waals surface area contributed by atoms with E-state index in [1.54, 1.807) is 24.3 Å². The number of carbonyl (C=O) groups excluding carboxylic acids is 1. The number of rotatable bonds is 5. The van der Waals surface area contributed by atoms with Crippen LogP contribution in [0.1, 0.15) is 25.8 Å². The van der Waals surface area contributed by atoms with E-state index in [2.05, 4.69) is 10.2 Å². The molecule has 31 heavy (non-hydrogen) atoms. The van der Waals surface area contributed by atoms with Crippen molar-refractivity contribution in [2.45, 2.75) is 38.8 Å². The Morgan fingerprint density at radius 3 is 2.74 bits per heavy atom. The second kappa shape index (κ2) is 8.53. The Morgan fingerprint density at radius 1 is 1.26 bits per heavy atom. The molecule has 0 spiro atoms. The number of para-hydroxylation sites is 1. The van der Waals surface area contributed by atoms with Crippen molar-refractivity contribution in [3.63, 3.8) is 0 Å². The number of hydrogen-bond acceptors (Lipinski definition) is 5. The van der Waals surface area contributed by atoms with Gasteiger partial charge < -0.3 is 15.1 Å². The fraction of sp³-hybridized carbons (Fsp3) is 0.435. The van der Waals surface area contributed by atoms with Crippen LogP contribution in [-0.2, 0) is 11.2 Å². The molecular weight excluding hydrogens is 399 g/mol. The molecule has 1 saturated heterocycles. The molecule has 4 rings (SSSR count). The minimum atomic E-state index is -0.406. The molecule has 0 aliphatic carbocycles. The second-order valence-electron chi connectivity index (χ2n) is 8.36. The Morgan fingerprint density at radius 2 is 2.03 bits per heavy atom. The number of amides is 1. The summed E-state index contributed by atoms with van der Waals surface area (Å²) in [5, 5.41) is 14.3. The lowest BCUT2D eigenvalue weighted by Gasteiger charge is -2.49. The van der Waals surface area contributed by atoms with Gasteiger partial charge in [-0.05, 0) is 43.5 Å². The Hall–Kier alpha value is -3.16. The van der Waals surface area contributed by atoms with Crippen molar-refractivity contribution in [1.29, 1.82) is 0 Å². The number of piperazine rings is 1. The van der Waals surface area contributed by atoms with Crippen LogP contribution in [0.15, 0.2) is 42.5 Å². The molecule has 1 amide bonds. The number of halogens is 1. The van der Waals surface area contributed by atoms with Crippen LogP contribution in [0, 0.1) is 21.8 Å². The fourth-order valence-electron chi connectivity index (χ4n) is 4.60. The Labute approximate surface area is 181 Å². The van der Waals surface area contributed by atoms with Crippen LogP contribution in [-0.4, -0.2) is 42.5 Å². The molecule has 1 N–H and O–H groups in total. The predicted molar refractivity (Wildman–Crippen MR) is 118 cm³/mol. The van der Waals surface area contributed by atoms with Crippen LogP contribution in [0.5, 0.6) is 0 Å². The normalized spacial score (nSPS) is 21.1. The number of anilines is 2. The Balaban J connectivity index is 1.69. The third-order valence-electron chi connectivity index (χ3n) is 6.44. The summed E-state index contributed by atoms with van der Waals surface area (Å²) in [6.07, 6.45) is 1.24. The third-order valence-corrected chi connectivity index (χ3v) is 6.44. The van der Waals surface area contributed by atoms with E-state index in [0.29, 0.717) is 31.7 Å². The van der Waals surface area contributed by atoms with Gasteiger partial charge in [-0.1, -0.05) is 19.1 Å². The number of benzene rings is 2. The second-order valence-corrected chi connectivity index (χ2v) is 8.36. The largest absolute Gasteiger partial charge is 0.365 e. The van der Waals surface area contributed by atoms with E-state index < -0.39 is 4.92 Å². The summed E-state index contributed by atoms with van der Waals surface area (Å²) in [5.74, 6) is -0.710. The number of hydrogen-bond donors (Lipinski definition) is 1. The van der Waals surface area contributed by atoms with Gasteiger partial charge in [-0.15, -0.1) is 0 Å². The molecule has 8 heteroatoms. The number of carbonyl (C=O) groups is 1. The SMILES string of the molecule is CC[C@H](C)NC(=O)[C@@H]1Cc2cc([N+](=O)[O-])ccc2N2CCN(c3ccccc3F)C[C@@H]12. The average molecular weight is 426 g/mol. The van der Waals surface area contributed by atoms with Crippen LogP contribution in [0.4, 0.5) is 21.5 Å². The van der Waals surface area contributed by atoms with Crippen molar-refractivity contribution < 1.29 is 14.1 Å². The van der Waals surface area contributed by atoms with Crippen molar-refractivity contribution in [2.75, 3.05) is 29.4 Å². The highest BCUT2D eigenvalue weighted by molar-refractivity contribution is 5.82. The molecule has 7 nitrogen and oxygen atoms in total. The molecule has 2 aliphatic rings. The molecule has 0 radical (unpaired) electrons. The third kappa shape index (κ3) is 4.06. The maximum Gasteiger partial charge on any atom is 0.269 e. The van der Waals surface area contributed by atoms with Crippen molar-refractivity contribution in [2.24, 2.45) is 5.92 Å². The van der Waals surface area contributed by atoms with Gasteiger partial charge in [0.05, 0.1) is 22.6 Å². The summed E-state index contributed by atoms with van der Waals surface area (Å²) in [6, 6.07) is 11.5. The quantitative estimate of drug-likeness (QED) is 0.585. The van der Waals surface area contributed by atoms with E-state index >= 15 is 0 Å². The molecule has 2 heterocycles. The lowest BCUT2D eigenvalue weighted by Crippen LogP contribution is -2.61. The van der Waals surface area contributed by atoms with E-state index in [1.165, 1.54) is 12.1 Å². The smallest absolute Gasteiger partial charge is 0.269 e. The number of fused-ring (bicyclic) bond motifs is 3. The highest BCUT2D eigenvalue weighted by Crippen LogP contribution is 2.39. The van der Waals surface area contributed by atoms with Crippen LogP contribution >= 0.6 is 0 Å². The summed E-state index contributed by atoms with van der Waals surface area (Å²) in [4.78, 5) is 28.2.